The number of rotatable bonds is 6. The number of aryl methyl sites for hydroxylation is 1. The molecule has 0 unspecified atom stereocenters. The van der Waals surface area contributed by atoms with E-state index >= 15 is 0 Å². The van der Waals surface area contributed by atoms with Gasteiger partial charge in [-0.1, -0.05) is 30.3 Å². The summed E-state index contributed by atoms with van der Waals surface area (Å²) in [5, 5.41) is 13.3. The average molecular weight is 427 g/mol. The van der Waals surface area contributed by atoms with E-state index in [1.807, 2.05) is 55.5 Å². The summed E-state index contributed by atoms with van der Waals surface area (Å²) in [5.41, 5.74) is 4.37. The molecule has 5 aromatic rings. The third-order valence-corrected chi connectivity index (χ3v) is 5.43. The maximum atomic E-state index is 13.3. The molecule has 0 radical (unpaired) electrons. The number of methoxy groups -OCH3 is 1. The van der Waals surface area contributed by atoms with Crippen LogP contribution in [0.1, 0.15) is 27.2 Å². The van der Waals surface area contributed by atoms with Crippen LogP contribution in [0.5, 0.6) is 5.75 Å². The highest BCUT2D eigenvalue weighted by Gasteiger charge is 2.22. The van der Waals surface area contributed by atoms with Gasteiger partial charge in [-0.3, -0.25) is 4.79 Å². The Morgan fingerprint density at radius 1 is 1.06 bits per heavy atom. The highest BCUT2D eigenvalue weighted by molar-refractivity contribution is 5.92. The van der Waals surface area contributed by atoms with E-state index < -0.39 is 0 Å². The number of aromatic nitrogens is 4. The number of hydrogen-bond donors (Lipinski definition) is 0. The van der Waals surface area contributed by atoms with Crippen molar-refractivity contribution in [2.45, 2.75) is 20.0 Å². The van der Waals surface area contributed by atoms with E-state index in [2.05, 4.69) is 15.5 Å². The summed E-state index contributed by atoms with van der Waals surface area (Å²) in [6.07, 6.45) is 1.49. The molecule has 1 amide bonds. The van der Waals surface area contributed by atoms with E-state index in [-0.39, 0.29) is 11.7 Å². The van der Waals surface area contributed by atoms with Crippen molar-refractivity contribution in [2.24, 2.45) is 0 Å². The lowest BCUT2D eigenvalue weighted by atomic mass is 10.1. The fourth-order valence-corrected chi connectivity index (χ4v) is 3.88. The van der Waals surface area contributed by atoms with Gasteiger partial charge in [-0.25, -0.2) is 0 Å². The maximum absolute atomic E-state index is 13.3. The second kappa shape index (κ2) is 8.14. The van der Waals surface area contributed by atoms with Crippen molar-refractivity contribution >= 4 is 22.5 Å². The van der Waals surface area contributed by atoms with Gasteiger partial charge in [-0.05, 0) is 53.2 Å². The zero-order chi connectivity index (χ0) is 22.1. The van der Waals surface area contributed by atoms with E-state index in [4.69, 9.17) is 9.15 Å². The van der Waals surface area contributed by atoms with Crippen molar-refractivity contribution in [3.63, 3.8) is 0 Å². The Kier molecular flexibility index (Phi) is 5.03. The number of ether oxygens (including phenoxy) is 1. The summed E-state index contributed by atoms with van der Waals surface area (Å²) in [4.78, 5) is 15.0. The molecule has 8 nitrogen and oxygen atoms in total. The number of nitrogens with zero attached hydrogens (tertiary/aromatic N) is 5. The first-order chi connectivity index (χ1) is 15.6. The Labute approximate surface area is 184 Å². The lowest BCUT2D eigenvalue weighted by molar-refractivity contribution is 0.0697. The average Bonchev–Trinajstić information content (AvgIpc) is 3.51. The van der Waals surface area contributed by atoms with E-state index in [0.717, 1.165) is 27.6 Å². The summed E-state index contributed by atoms with van der Waals surface area (Å²) in [7, 11) is 1.62. The summed E-state index contributed by atoms with van der Waals surface area (Å²) < 4.78 is 12.6. The van der Waals surface area contributed by atoms with Crippen LogP contribution in [0, 0.1) is 6.92 Å². The van der Waals surface area contributed by atoms with Crippen LogP contribution in [-0.2, 0) is 13.1 Å². The Morgan fingerprint density at radius 2 is 1.91 bits per heavy atom. The monoisotopic (exact) mass is 427 g/mol. The second-order valence-corrected chi connectivity index (χ2v) is 7.60. The summed E-state index contributed by atoms with van der Waals surface area (Å²) >= 11 is 0. The van der Waals surface area contributed by atoms with Crippen molar-refractivity contribution in [1.29, 1.82) is 0 Å². The predicted octanol–water partition coefficient (Wildman–Crippen LogP) is 4.03. The van der Waals surface area contributed by atoms with E-state index in [1.165, 1.54) is 6.26 Å². The van der Waals surface area contributed by atoms with Crippen LogP contribution in [0.4, 0.5) is 0 Å². The molecular formula is C24H21N5O3. The molecule has 2 aromatic carbocycles. The Bertz CT molecular complexity index is 1410. The highest BCUT2D eigenvalue weighted by atomic mass is 16.5. The molecule has 5 rings (SSSR count). The van der Waals surface area contributed by atoms with Crippen LogP contribution >= 0.6 is 0 Å². The fourth-order valence-electron chi connectivity index (χ4n) is 3.88. The minimum Gasteiger partial charge on any atom is -0.496 e. The normalized spacial score (nSPS) is 11.2. The molecule has 32 heavy (non-hydrogen) atoms. The van der Waals surface area contributed by atoms with Gasteiger partial charge in [0.05, 0.1) is 32.0 Å². The minimum absolute atomic E-state index is 0.226. The molecule has 0 N–H and O–H groups in total. The van der Waals surface area contributed by atoms with Crippen LogP contribution in [0.2, 0.25) is 0 Å². The SMILES string of the molecule is COc1ccccc1CN(Cc1cc2ccc(C)cc2n2nnnc12)C(=O)c1ccco1. The van der Waals surface area contributed by atoms with Crippen molar-refractivity contribution in [1.82, 2.24) is 24.9 Å². The number of benzene rings is 2. The summed E-state index contributed by atoms with van der Waals surface area (Å²) in [6.45, 7) is 2.66. The molecule has 0 spiro atoms. The summed E-state index contributed by atoms with van der Waals surface area (Å²) in [5.74, 6) is 0.760. The minimum atomic E-state index is -0.226. The first kappa shape index (κ1) is 19.7. The van der Waals surface area contributed by atoms with E-state index in [9.17, 15) is 4.79 Å². The third-order valence-electron chi connectivity index (χ3n) is 5.43. The van der Waals surface area contributed by atoms with Crippen LogP contribution in [0.3, 0.4) is 0 Å². The van der Waals surface area contributed by atoms with Crippen LogP contribution in [0.25, 0.3) is 16.6 Å². The van der Waals surface area contributed by atoms with Gasteiger partial charge >= 0.3 is 0 Å². The van der Waals surface area contributed by atoms with Gasteiger partial charge in [-0.15, -0.1) is 5.10 Å². The zero-order valence-electron chi connectivity index (χ0n) is 17.7. The molecule has 3 heterocycles. The van der Waals surface area contributed by atoms with Gasteiger partial charge in [0, 0.05) is 16.5 Å². The predicted molar refractivity (Wildman–Crippen MR) is 118 cm³/mol. The zero-order valence-corrected chi connectivity index (χ0v) is 17.7. The molecule has 3 aromatic heterocycles. The number of furan rings is 1. The Hall–Kier alpha value is -4.20. The quantitative estimate of drug-likeness (QED) is 0.407. The smallest absolute Gasteiger partial charge is 0.290 e. The van der Waals surface area contributed by atoms with Crippen LogP contribution in [-0.4, -0.2) is 38.0 Å². The van der Waals surface area contributed by atoms with Gasteiger partial charge in [0.15, 0.2) is 11.4 Å². The number of para-hydroxylation sites is 1. The highest BCUT2D eigenvalue weighted by Crippen LogP contribution is 2.25. The van der Waals surface area contributed by atoms with Crippen molar-refractivity contribution in [3.05, 3.63) is 89.4 Å². The molecule has 160 valence electrons. The number of hydrogen-bond acceptors (Lipinski definition) is 6. The largest absolute Gasteiger partial charge is 0.496 e. The number of fused-ring (bicyclic) bond motifs is 3. The Balaban J connectivity index is 1.59. The lowest BCUT2D eigenvalue weighted by Crippen LogP contribution is -2.30. The van der Waals surface area contributed by atoms with Crippen LogP contribution < -0.4 is 4.74 Å². The number of carbonyl (C=O) groups excluding carboxylic acids is 1. The molecule has 0 aliphatic rings. The molecule has 0 aliphatic carbocycles. The topological polar surface area (TPSA) is 85.8 Å². The van der Waals surface area contributed by atoms with Crippen molar-refractivity contribution in [2.75, 3.05) is 7.11 Å². The van der Waals surface area contributed by atoms with Gasteiger partial charge < -0.3 is 14.1 Å². The molecule has 0 saturated heterocycles. The maximum Gasteiger partial charge on any atom is 0.290 e. The lowest BCUT2D eigenvalue weighted by Gasteiger charge is -2.23. The van der Waals surface area contributed by atoms with Crippen LogP contribution in [0.15, 0.2) is 71.3 Å². The van der Waals surface area contributed by atoms with Gasteiger partial charge in [0.25, 0.3) is 5.91 Å². The molecule has 0 aliphatic heterocycles. The molecule has 0 saturated carbocycles. The van der Waals surface area contributed by atoms with Gasteiger partial charge in [0.1, 0.15) is 5.75 Å². The van der Waals surface area contributed by atoms with Gasteiger partial charge in [0.2, 0.25) is 0 Å². The molecule has 8 heteroatoms. The molecular weight excluding hydrogens is 406 g/mol. The molecule has 0 atom stereocenters. The molecule has 0 fully saturated rings. The van der Waals surface area contributed by atoms with Gasteiger partial charge in [-0.2, -0.15) is 4.52 Å². The number of amides is 1. The summed E-state index contributed by atoms with van der Waals surface area (Å²) in [6, 6.07) is 19.2. The first-order valence-corrected chi connectivity index (χ1v) is 10.2. The Morgan fingerprint density at radius 3 is 2.72 bits per heavy atom. The number of pyridine rings is 1. The molecule has 0 bridgehead atoms. The first-order valence-electron chi connectivity index (χ1n) is 10.2. The van der Waals surface area contributed by atoms with Crippen molar-refractivity contribution in [3.8, 4) is 5.75 Å². The van der Waals surface area contributed by atoms with Crippen molar-refractivity contribution < 1.29 is 13.9 Å². The van der Waals surface area contributed by atoms with E-state index in [0.29, 0.717) is 24.5 Å². The fraction of sp³-hybridized carbons (Fsp3) is 0.167. The number of carbonyl (C=O) groups is 1. The standard InChI is InChI=1S/C24H21N5O3/c1-16-9-10-17-13-19(23-25-26-27-29(23)20(17)12-16)15-28(24(30)22-8-5-11-32-22)14-18-6-3-4-7-21(18)31-2/h3-13H,14-15H2,1-2H3. The third kappa shape index (κ3) is 3.56. The van der Waals surface area contributed by atoms with E-state index in [1.54, 1.807) is 28.7 Å². The second-order valence-electron chi connectivity index (χ2n) is 7.60. The number of tetrazole rings is 1.